The Kier molecular flexibility index (Phi) is 2.36. The number of carbonyl (C=O) groups excluding carboxylic acids is 2. The van der Waals surface area contributed by atoms with Gasteiger partial charge < -0.3 is 10.6 Å². The van der Waals surface area contributed by atoms with Crippen molar-refractivity contribution in [3.8, 4) is 0 Å². The fraction of sp³-hybridized carbons (Fsp3) is 0.200. The van der Waals surface area contributed by atoms with Crippen molar-refractivity contribution in [2.75, 3.05) is 11.4 Å². The highest BCUT2D eigenvalue weighted by Gasteiger charge is 2.29. The van der Waals surface area contributed by atoms with E-state index in [0.29, 0.717) is 10.7 Å². The van der Waals surface area contributed by atoms with Gasteiger partial charge in [0.05, 0.1) is 6.42 Å². The summed E-state index contributed by atoms with van der Waals surface area (Å²) in [6, 6.07) is 5.23. The van der Waals surface area contributed by atoms with E-state index < -0.39 is 5.91 Å². The quantitative estimate of drug-likeness (QED) is 0.804. The lowest BCUT2D eigenvalue weighted by Crippen LogP contribution is -2.35. The van der Waals surface area contributed by atoms with Gasteiger partial charge in [-0.15, -0.1) is 0 Å². The second kappa shape index (κ2) is 3.55. The lowest BCUT2D eigenvalue weighted by molar-refractivity contribution is -0.121. The van der Waals surface area contributed by atoms with Crippen LogP contribution in [-0.4, -0.2) is 18.4 Å². The standard InChI is InChI=1S/C10H9ClN2O2/c11-7-2-1-3-8-6(7)4-10(15)13(8)5-9(12)14/h1-3H,4-5H2,(H2,12,14). The van der Waals surface area contributed by atoms with Crippen LogP contribution in [0.25, 0.3) is 0 Å². The first-order valence-electron chi connectivity index (χ1n) is 4.45. The van der Waals surface area contributed by atoms with E-state index in [1.807, 2.05) is 0 Å². The summed E-state index contributed by atoms with van der Waals surface area (Å²) in [6.07, 6.45) is 0.238. The van der Waals surface area contributed by atoms with Crippen LogP contribution in [0.3, 0.4) is 0 Å². The third-order valence-electron chi connectivity index (χ3n) is 2.33. The van der Waals surface area contributed by atoms with Crippen LogP contribution in [0.5, 0.6) is 0 Å². The SMILES string of the molecule is NC(=O)CN1C(=O)Cc2c(Cl)cccc21. The maximum atomic E-state index is 11.6. The molecule has 0 aromatic heterocycles. The first kappa shape index (κ1) is 9.98. The average Bonchev–Trinajstić information content (AvgIpc) is 2.45. The molecule has 0 unspecified atom stereocenters. The van der Waals surface area contributed by atoms with Crippen LogP contribution in [0, 0.1) is 0 Å². The molecule has 0 fully saturated rings. The van der Waals surface area contributed by atoms with Gasteiger partial charge in [-0.05, 0) is 12.1 Å². The smallest absolute Gasteiger partial charge is 0.237 e. The Balaban J connectivity index is 2.41. The van der Waals surface area contributed by atoms with Crippen LogP contribution in [0.1, 0.15) is 5.56 Å². The summed E-state index contributed by atoms with van der Waals surface area (Å²) in [5, 5.41) is 0.549. The number of amides is 2. The third kappa shape index (κ3) is 1.68. The molecule has 1 aromatic carbocycles. The number of benzene rings is 1. The number of anilines is 1. The Hall–Kier alpha value is -1.55. The summed E-state index contributed by atoms with van der Waals surface area (Å²) in [4.78, 5) is 23.7. The maximum absolute atomic E-state index is 11.6. The largest absolute Gasteiger partial charge is 0.368 e. The van der Waals surface area contributed by atoms with E-state index in [4.69, 9.17) is 17.3 Å². The highest BCUT2D eigenvalue weighted by Crippen LogP contribution is 2.33. The van der Waals surface area contributed by atoms with Crippen LogP contribution in [-0.2, 0) is 16.0 Å². The molecule has 0 atom stereocenters. The number of primary amides is 1. The van der Waals surface area contributed by atoms with Crippen LogP contribution >= 0.6 is 11.6 Å². The van der Waals surface area contributed by atoms with E-state index in [1.165, 1.54) is 4.90 Å². The summed E-state index contributed by atoms with van der Waals surface area (Å²) in [5.74, 6) is -0.673. The molecule has 4 nitrogen and oxygen atoms in total. The molecule has 0 radical (unpaired) electrons. The van der Waals surface area contributed by atoms with Crippen molar-refractivity contribution >= 4 is 29.1 Å². The molecule has 1 aliphatic heterocycles. The summed E-state index contributed by atoms with van der Waals surface area (Å²) >= 11 is 5.94. The van der Waals surface area contributed by atoms with Crippen molar-refractivity contribution in [3.63, 3.8) is 0 Å². The number of halogens is 1. The lowest BCUT2D eigenvalue weighted by atomic mass is 10.2. The predicted octanol–water partition coefficient (Wildman–Crippen LogP) is 0.714. The Morgan fingerprint density at radius 1 is 1.53 bits per heavy atom. The van der Waals surface area contributed by atoms with Gasteiger partial charge in [-0.2, -0.15) is 0 Å². The minimum absolute atomic E-state index is 0.0911. The van der Waals surface area contributed by atoms with Crippen molar-refractivity contribution in [1.82, 2.24) is 0 Å². The topological polar surface area (TPSA) is 63.4 Å². The van der Waals surface area contributed by atoms with E-state index in [0.717, 1.165) is 5.56 Å². The van der Waals surface area contributed by atoms with Crippen molar-refractivity contribution < 1.29 is 9.59 Å². The van der Waals surface area contributed by atoms with Gasteiger partial charge in [-0.25, -0.2) is 0 Å². The minimum atomic E-state index is -0.531. The number of hydrogen-bond donors (Lipinski definition) is 1. The first-order chi connectivity index (χ1) is 7.09. The Morgan fingerprint density at radius 3 is 2.93 bits per heavy atom. The van der Waals surface area contributed by atoms with Gasteiger partial charge in [0.15, 0.2) is 0 Å². The van der Waals surface area contributed by atoms with Crippen LogP contribution in [0.4, 0.5) is 5.69 Å². The molecule has 1 aromatic rings. The molecule has 1 aliphatic rings. The summed E-state index contributed by atoms with van der Waals surface area (Å²) < 4.78 is 0. The fourth-order valence-corrected chi connectivity index (χ4v) is 1.92. The molecule has 0 bridgehead atoms. The number of carbonyl (C=O) groups is 2. The monoisotopic (exact) mass is 224 g/mol. The van der Waals surface area contributed by atoms with E-state index >= 15 is 0 Å². The number of rotatable bonds is 2. The molecule has 0 saturated carbocycles. The van der Waals surface area contributed by atoms with Crippen molar-refractivity contribution in [2.45, 2.75) is 6.42 Å². The van der Waals surface area contributed by atoms with Crippen LogP contribution in [0.15, 0.2) is 18.2 Å². The normalized spacial score (nSPS) is 14.2. The molecule has 0 spiro atoms. The third-order valence-corrected chi connectivity index (χ3v) is 2.68. The van der Waals surface area contributed by atoms with Crippen LogP contribution in [0.2, 0.25) is 5.02 Å². The van der Waals surface area contributed by atoms with Crippen molar-refractivity contribution in [2.24, 2.45) is 5.73 Å². The molecular formula is C10H9ClN2O2. The van der Waals surface area contributed by atoms with Gasteiger partial charge in [-0.3, -0.25) is 9.59 Å². The van der Waals surface area contributed by atoms with Gasteiger partial charge in [0, 0.05) is 16.3 Å². The zero-order valence-corrected chi connectivity index (χ0v) is 8.62. The maximum Gasteiger partial charge on any atom is 0.237 e. The van der Waals surface area contributed by atoms with Gasteiger partial charge in [0.25, 0.3) is 0 Å². The van der Waals surface area contributed by atoms with E-state index in [1.54, 1.807) is 18.2 Å². The molecule has 1 heterocycles. The fourth-order valence-electron chi connectivity index (χ4n) is 1.69. The predicted molar refractivity (Wildman–Crippen MR) is 56.7 cm³/mol. The molecule has 5 heteroatoms. The van der Waals surface area contributed by atoms with E-state index in [2.05, 4.69) is 0 Å². The molecule has 2 rings (SSSR count). The molecule has 0 saturated heterocycles. The minimum Gasteiger partial charge on any atom is -0.368 e. The summed E-state index contributed by atoms with van der Waals surface area (Å²) in [5.41, 5.74) is 6.52. The molecule has 2 amide bonds. The highest BCUT2D eigenvalue weighted by atomic mass is 35.5. The lowest BCUT2D eigenvalue weighted by Gasteiger charge is -2.14. The van der Waals surface area contributed by atoms with E-state index in [-0.39, 0.29) is 18.9 Å². The Labute approximate surface area is 91.6 Å². The van der Waals surface area contributed by atoms with Gasteiger partial charge in [0.2, 0.25) is 11.8 Å². The number of nitrogens with two attached hydrogens (primary N) is 1. The van der Waals surface area contributed by atoms with Crippen molar-refractivity contribution in [3.05, 3.63) is 28.8 Å². The summed E-state index contributed by atoms with van der Waals surface area (Å²) in [7, 11) is 0. The molecule has 15 heavy (non-hydrogen) atoms. The summed E-state index contributed by atoms with van der Waals surface area (Å²) in [6.45, 7) is -0.0911. The first-order valence-corrected chi connectivity index (χ1v) is 4.83. The Bertz CT molecular complexity index is 445. The Morgan fingerprint density at radius 2 is 2.27 bits per heavy atom. The highest BCUT2D eigenvalue weighted by molar-refractivity contribution is 6.32. The second-order valence-corrected chi connectivity index (χ2v) is 3.77. The number of hydrogen-bond acceptors (Lipinski definition) is 2. The molecular weight excluding hydrogens is 216 g/mol. The molecule has 2 N–H and O–H groups in total. The van der Waals surface area contributed by atoms with Gasteiger partial charge in [-0.1, -0.05) is 17.7 Å². The van der Waals surface area contributed by atoms with Gasteiger partial charge >= 0.3 is 0 Å². The number of fused-ring (bicyclic) bond motifs is 1. The van der Waals surface area contributed by atoms with Crippen molar-refractivity contribution in [1.29, 1.82) is 0 Å². The number of nitrogens with zero attached hydrogens (tertiary/aromatic N) is 1. The van der Waals surface area contributed by atoms with E-state index in [9.17, 15) is 9.59 Å². The van der Waals surface area contributed by atoms with Gasteiger partial charge in [0.1, 0.15) is 6.54 Å². The second-order valence-electron chi connectivity index (χ2n) is 3.36. The average molecular weight is 225 g/mol. The zero-order valence-electron chi connectivity index (χ0n) is 7.87. The zero-order chi connectivity index (χ0) is 11.0. The molecule has 78 valence electrons. The van der Waals surface area contributed by atoms with Crippen LogP contribution < -0.4 is 10.6 Å². The molecule has 0 aliphatic carbocycles.